The van der Waals surface area contributed by atoms with Crippen LogP contribution in [0.5, 0.6) is 11.5 Å². The van der Waals surface area contributed by atoms with Crippen LogP contribution in [-0.2, 0) is 21.4 Å². The maximum atomic E-state index is 13.1. The Hall–Kier alpha value is -3.04. The standard InChI is InChI=1S/C20H19F6N3O5S/c21-19(22,23)33-14-3-1-13(2-4-14)11-28-18(30)17-12-27-9-10-29(17)35(31,32)16-7-5-15(6-8-16)34-20(24,25)26/h1-8,17,27H,9-12H2,(H,28,30). The summed E-state index contributed by atoms with van der Waals surface area (Å²) in [6.45, 7) is 0.0291. The molecule has 0 aromatic heterocycles. The quantitative estimate of drug-likeness (QED) is 0.538. The minimum absolute atomic E-state index is 0.0291. The summed E-state index contributed by atoms with van der Waals surface area (Å²) in [5.74, 6) is -1.71. The highest BCUT2D eigenvalue weighted by molar-refractivity contribution is 7.89. The van der Waals surface area contributed by atoms with Crippen LogP contribution in [-0.4, -0.2) is 57.0 Å². The summed E-state index contributed by atoms with van der Waals surface area (Å²) >= 11 is 0. The van der Waals surface area contributed by atoms with Gasteiger partial charge in [-0.15, -0.1) is 26.3 Å². The van der Waals surface area contributed by atoms with E-state index >= 15 is 0 Å². The second kappa shape index (κ2) is 10.3. The number of amides is 1. The Balaban J connectivity index is 1.68. The average Bonchev–Trinajstić information content (AvgIpc) is 2.76. The van der Waals surface area contributed by atoms with Crippen LogP contribution in [0, 0.1) is 0 Å². The zero-order chi connectivity index (χ0) is 25.9. The number of rotatable bonds is 7. The molecule has 1 atom stereocenters. The molecule has 192 valence electrons. The third-order valence-corrected chi connectivity index (χ3v) is 6.71. The van der Waals surface area contributed by atoms with Gasteiger partial charge >= 0.3 is 12.7 Å². The second-order valence-corrected chi connectivity index (χ2v) is 9.15. The number of sulfonamides is 1. The van der Waals surface area contributed by atoms with Gasteiger partial charge in [-0.2, -0.15) is 4.31 Å². The minimum Gasteiger partial charge on any atom is -0.406 e. The number of carbonyl (C=O) groups excluding carboxylic acids is 1. The summed E-state index contributed by atoms with van der Waals surface area (Å²) in [6.07, 6.45) is -9.78. The van der Waals surface area contributed by atoms with E-state index in [1.807, 2.05) is 0 Å². The summed E-state index contributed by atoms with van der Waals surface area (Å²) in [5.41, 5.74) is 0.436. The maximum Gasteiger partial charge on any atom is 0.573 e. The van der Waals surface area contributed by atoms with Crippen LogP contribution in [0.2, 0.25) is 0 Å². The average molecular weight is 527 g/mol. The first-order valence-corrected chi connectivity index (χ1v) is 11.4. The molecule has 2 N–H and O–H groups in total. The molecule has 15 heteroatoms. The SMILES string of the molecule is O=C(NCc1ccc(OC(F)(F)F)cc1)C1CNCCN1S(=O)(=O)c1ccc(OC(F)(F)F)cc1. The minimum atomic E-state index is -4.94. The molecule has 0 bridgehead atoms. The van der Waals surface area contributed by atoms with Crippen LogP contribution in [0.25, 0.3) is 0 Å². The summed E-state index contributed by atoms with van der Waals surface area (Å²) in [6, 6.07) is 7.16. The summed E-state index contributed by atoms with van der Waals surface area (Å²) < 4.78 is 108. The third kappa shape index (κ3) is 7.47. The number of benzene rings is 2. The van der Waals surface area contributed by atoms with Gasteiger partial charge in [-0.25, -0.2) is 8.42 Å². The van der Waals surface area contributed by atoms with Crippen molar-refractivity contribution in [2.24, 2.45) is 0 Å². The molecule has 3 rings (SSSR count). The van der Waals surface area contributed by atoms with Gasteiger partial charge in [0.2, 0.25) is 15.9 Å². The molecule has 8 nitrogen and oxygen atoms in total. The fourth-order valence-corrected chi connectivity index (χ4v) is 4.85. The lowest BCUT2D eigenvalue weighted by atomic mass is 10.2. The normalized spacial score (nSPS) is 17.6. The van der Waals surface area contributed by atoms with Crippen LogP contribution in [0.15, 0.2) is 53.4 Å². The Morgan fingerprint density at radius 1 is 0.943 bits per heavy atom. The van der Waals surface area contributed by atoms with E-state index in [2.05, 4.69) is 20.1 Å². The lowest BCUT2D eigenvalue weighted by Gasteiger charge is -2.34. The lowest BCUT2D eigenvalue weighted by molar-refractivity contribution is -0.275. The van der Waals surface area contributed by atoms with Crippen LogP contribution < -0.4 is 20.1 Å². The van der Waals surface area contributed by atoms with Gasteiger partial charge in [-0.1, -0.05) is 12.1 Å². The van der Waals surface area contributed by atoms with E-state index in [1.54, 1.807) is 0 Å². The zero-order valence-electron chi connectivity index (χ0n) is 17.7. The van der Waals surface area contributed by atoms with Crippen LogP contribution >= 0.6 is 0 Å². The van der Waals surface area contributed by atoms with Crippen molar-refractivity contribution in [2.75, 3.05) is 19.6 Å². The third-order valence-electron chi connectivity index (χ3n) is 4.78. The second-order valence-electron chi connectivity index (χ2n) is 7.26. The molecule has 0 spiro atoms. The number of alkyl halides is 6. The number of nitrogens with zero attached hydrogens (tertiary/aromatic N) is 1. The molecular formula is C20H19F6N3O5S. The van der Waals surface area contributed by atoms with Gasteiger partial charge in [0.15, 0.2) is 0 Å². The Labute approximate surface area is 195 Å². The van der Waals surface area contributed by atoms with Crippen molar-refractivity contribution in [3.63, 3.8) is 0 Å². The van der Waals surface area contributed by atoms with Crippen LogP contribution in [0.3, 0.4) is 0 Å². The summed E-state index contributed by atoms with van der Waals surface area (Å²) in [7, 11) is -4.25. The molecule has 2 aromatic carbocycles. The van der Waals surface area contributed by atoms with Crippen molar-refractivity contribution in [2.45, 2.75) is 30.2 Å². The van der Waals surface area contributed by atoms with Crippen molar-refractivity contribution in [1.29, 1.82) is 0 Å². The smallest absolute Gasteiger partial charge is 0.406 e. The first kappa shape index (κ1) is 26.6. The van der Waals surface area contributed by atoms with Gasteiger partial charge < -0.3 is 20.1 Å². The lowest BCUT2D eigenvalue weighted by Crippen LogP contribution is -2.59. The van der Waals surface area contributed by atoms with Crippen LogP contribution in [0.1, 0.15) is 5.56 Å². The van der Waals surface area contributed by atoms with Crippen molar-refractivity contribution >= 4 is 15.9 Å². The molecule has 1 amide bonds. The highest BCUT2D eigenvalue weighted by atomic mass is 32.2. The molecule has 0 aliphatic carbocycles. The van der Waals surface area contributed by atoms with Gasteiger partial charge in [-0.05, 0) is 42.0 Å². The molecule has 1 fully saturated rings. The Bertz CT molecular complexity index is 1120. The van der Waals surface area contributed by atoms with E-state index in [0.717, 1.165) is 40.7 Å². The van der Waals surface area contributed by atoms with Gasteiger partial charge in [0.1, 0.15) is 17.5 Å². The maximum absolute atomic E-state index is 13.1. The molecule has 1 aliphatic heterocycles. The Morgan fingerprint density at radius 2 is 1.46 bits per heavy atom. The van der Waals surface area contributed by atoms with Crippen molar-refractivity contribution in [1.82, 2.24) is 14.9 Å². The molecule has 1 unspecified atom stereocenters. The number of nitrogens with one attached hydrogen (secondary N) is 2. The number of piperazine rings is 1. The monoisotopic (exact) mass is 527 g/mol. The van der Waals surface area contributed by atoms with E-state index in [4.69, 9.17) is 0 Å². The predicted molar refractivity (Wildman–Crippen MR) is 109 cm³/mol. The molecule has 0 radical (unpaired) electrons. The first-order valence-electron chi connectivity index (χ1n) is 9.95. The zero-order valence-corrected chi connectivity index (χ0v) is 18.5. The van der Waals surface area contributed by atoms with Gasteiger partial charge in [0, 0.05) is 26.2 Å². The number of hydrogen-bond acceptors (Lipinski definition) is 6. The molecule has 2 aromatic rings. The van der Waals surface area contributed by atoms with Gasteiger partial charge in [0.25, 0.3) is 0 Å². The number of halogens is 6. The Kier molecular flexibility index (Phi) is 7.81. The highest BCUT2D eigenvalue weighted by Gasteiger charge is 2.38. The first-order chi connectivity index (χ1) is 16.2. The Morgan fingerprint density at radius 3 is 1.97 bits per heavy atom. The largest absolute Gasteiger partial charge is 0.573 e. The van der Waals surface area contributed by atoms with Crippen molar-refractivity contribution < 1.29 is 49.0 Å². The molecule has 0 saturated carbocycles. The van der Waals surface area contributed by atoms with Crippen molar-refractivity contribution in [3.8, 4) is 11.5 Å². The number of hydrogen-bond donors (Lipinski definition) is 2. The summed E-state index contributed by atoms with van der Waals surface area (Å²) in [4.78, 5) is 12.4. The van der Waals surface area contributed by atoms with E-state index in [1.165, 1.54) is 12.1 Å². The predicted octanol–water partition coefficient (Wildman–Crippen LogP) is 2.76. The fourth-order valence-electron chi connectivity index (χ4n) is 3.26. The van der Waals surface area contributed by atoms with E-state index in [9.17, 15) is 39.6 Å². The fraction of sp³-hybridized carbons (Fsp3) is 0.350. The van der Waals surface area contributed by atoms with E-state index in [-0.39, 0.29) is 31.1 Å². The topological polar surface area (TPSA) is 97.0 Å². The van der Waals surface area contributed by atoms with E-state index in [0.29, 0.717) is 5.56 Å². The number of carbonyl (C=O) groups is 1. The molecule has 1 aliphatic rings. The van der Waals surface area contributed by atoms with Crippen LogP contribution in [0.4, 0.5) is 26.3 Å². The highest BCUT2D eigenvalue weighted by Crippen LogP contribution is 2.26. The van der Waals surface area contributed by atoms with Gasteiger partial charge in [-0.3, -0.25) is 4.79 Å². The van der Waals surface area contributed by atoms with Gasteiger partial charge in [0.05, 0.1) is 4.90 Å². The van der Waals surface area contributed by atoms with Crippen molar-refractivity contribution in [3.05, 3.63) is 54.1 Å². The molecule has 35 heavy (non-hydrogen) atoms. The molecule has 1 saturated heterocycles. The van der Waals surface area contributed by atoms with E-state index < -0.39 is 46.2 Å². The molecular weight excluding hydrogens is 508 g/mol. The molecule has 1 heterocycles. The number of ether oxygens (including phenoxy) is 2. The summed E-state index contributed by atoms with van der Waals surface area (Å²) in [5, 5.41) is 5.43.